The summed E-state index contributed by atoms with van der Waals surface area (Å²) in [5.41, 5.74) is 13.2. The maximum Gasteiger partial charge on any atom is 0.319 e. The molecule has 4 aromatic carbocycles. The number of hydrogen-bond acceptors (Lipinski definition) is 17. The van der Waals surface area contributed by atoms with Gasteiger partial charge in [-0.1, -0.05) is 61.6 Å². The maximum absolute atomic E-state index is 15.6. The Morgan fingerprint density at radius 2 is 1.78 bits per heavy atom. The predicted molar refractivity (Wildman–Crippen MR) is 320 cm³/mol. The minimum absolute atomic E-state index is 0.00338. The lowest BCUT2D eigenvalue weighted by Crippen LogP contribution is -2.50. The number of aromatic amines is 1. The van der Waals surface area contributed by atoms with Gasteiger partial charge in [-0.3, -0.25) is 23.7 Å². The second-order valence-electron chi connectivity index (χ2n) is 23.5. The van der Waals surface area contributed by atoms with Crippen molar-refractivity contribution in [2.24, 2.45) is 5.92 Å². The Bertz CT molecular complexity index is 4140. The van der Waals surface area contributed by atoms with Gasteiger partial charge in [-0.15, -0.1) is 0 Å². The van der Waals surface area contributed by atoms with E-state index in [4.69, 9.17) is 40.0 Å². The number of benzene rings is 4. The highest BCUT2D eigenvalue weighted by Crippen LogP contribution is 2.53. The van der Waals surface area contributed by atoms with E-state index in [0.29, 0.717) is 87.5 Å². The van der Waals surface area contributed by atoms with Crippen LogP contribution in [0, 0.1) is 11.7 Å². The summed E-state index contributed by atoms with van der Waals surface area (Å²) >= 11 is 1.10. The number of piperazine rings is 1. The molecule has 4 saturated heterocycles. The number of rotatable bonds is 17. The van der Waals surface area contributed by atoms with Gasteiger partial charge < -0.3 is 55.6 Å². The maximum atomic E-state index is 15.6. The first-order chi connectivity index (χ1) is 41.3. The number of fused-ring (bicyclic) bond motifs is 7. The summed E-state index contributed by atoms with van der Waals surface area (Å²) in [5, 5.41) is 39.5. The fraction of sp³-hybridized carbons (Fsp3) is 0.419. The largest absolute Gasteiger partial charge is 0.486 e. The van der Waals surface area contributed by atoms with Crippen LogP contribution in [-0.4, -0.2) is 136 Å². The fourth-order valence-electron chi connectivity index (χ4n) is 13.2. The molecule has 6 atom stereocenters. The molecule has 9 heterocycles. The van der Waals surface area contributed by atoms with Crippen LogP contribution in [0.25, 0.3) is 65.3 Å². The van der Waals surface area contributed by atoms with Crippen LogP contribution in [0.1, 0.15) is 94.0 Å². The first-order valence-corrected chi connectivity index (χ1v) is 30.3. The molecule has 14 rings (SSSR count). The van der Waals surface area contributed by atoms with Crippen LogP contribution in [0.5, 0.6) is 11.8 Å². The molecule has 5 fully saturated rings. The number of thiazole rings is 1. The molecule has 23 heteroatoms. The van der Waals surface area contributed by atoms with Crippen LogP contribution in [-0.2, 0) is 27.5 Å². The summed E-state index contributed by atoms with van der Waals surface area (Å²) < 4.78 is 38.8. The lowest BCUT2D eigenvalue weighted by Gasteiger charge is -2.31. The quantitative estimate of drug-likeness (QED) is 0.0523. The molecule has 4 aliphatic heterocycles. The highest BCUT2D eigenvalue weighted by Gasteiger charge is 2.44. The van der Waals surface area contributed by atoms with Crippen molar-refractivity contribution in [1.82, 2.24) is 55.0 Å². The van der Waals surface area contributed by atoms with Crippen LogP contribution in [0.15, 0.2) is 83.9 Å². The number of aliphatic hydroxyl groups excluding tert-OH is 2. The number of carbonyl (C=O) groups excluding carboxylic acids is 2. The number of amides is 2. The van der Waals surface area contributed by atoms with Crippen LogP contribution in [0.4, 0.5) is 15.3 Å². The zero-order chi connectivity index (χ0) is 58.4. The number of ether oxygens (including phenoxy) is 3. The SMILES string of the molecule is CCn1nccc1-c1ccc([C@H](CO)NC(=O)[C@@H]2C[C@@H](O)CN2C(=O)[C@H](C(C)C)n2cc3c(n2)c(=O)[nH]c2cc(COc4c(-c5ccc(F)c6sc(N)nc56)c(C5CC5)cc5c(N6C[C@@H]7C[C@H]6CN7)nc(OC6CCOCC6)nc45)ccc23)cc1. The summed E-state index contributed by atoms with van der Waals surface area (Å²) in [6, 6.07) is 18.5. The normalized spacial score (nSPS) is 20.6. The van der Waals surface area contributed by atoms with Gasteiger partial charge in [0.15, 0.2) is 16.4 Å². The van der Waals surface area contributed by atoms with Crippen molar-refractivity contribution in [1.29, 1.82) is 0 Å². The van der Waals surface area contributed by atoms with Gasteiger partial charge >= 0.3 is 6.01 Å². The number of likely N-dealkylation sites (tertiary alicyclic amines) is 1. The molecule has 0 radical (unpaired) electrons. The molecule has 0 spiro atoms. The van der Waals surface area contributed by atoms with Gasteiger partial charge in [0.1, 0.15) is 41.9 Å². The van der Waals surface area contributed by atoms with E-state index in [0.717, 1.165) is 82.8 Å². The van der Waals surface area contributed by atoms with E-state index in [-0.39, 0.29) is 60.2 Å². The Kier molecular flexibility index (Phi) is 14.2. The van der Waals surface area contributed by atoms with Crippen molar-refractivity contribution < 1.29 is 38.4 Å². The van der Waals surface area contributed by atoms with Crippen LogP contribution in [0.2, 0.25) is 0 Å². The van der Waals surface area contributed by atoms with Crippen LogP contribution >= 0.6 is 11.3 Å². The van der Waals surface area contributed by atoms with Crippen LogP contribution < -0.4 is 36.3 Å². The van der Waals surface area contributed by atoms with Crippen molar-refractivity contribution in [3.8, 4) is 34.1 Å². The Morgan fingerprint density at radius 1 is 0.953 bits per heavy atom. The zero-order valence-electron chi connectivity index (χ0n) is 47.3. The van der Waals surface area contributed by atoms with Crippen molar-refractivity contribution in [3.63, 3.8) is 0 Å². The number of anilines is 2. The molecule has 0 unspecified atom stereocenters. The van der Waals surface area contributed by atoms with E-state index in [1.54, 1.807) is 18.5 Å². The van der Waals surface area contributed by atoms with Gasteiger partial charge in [-0.25, -0.2) is 9.37 Å². The summed E-state index contributed by atoms with van der Waals surface area (Å²) in [5.74, 6) is -0.308. The first-order valence-electron chi connectivity index (χ1n) is 29.4. The fourth-order valence-corrected chi connectivity index (χ4v) is 14.0. The van der Waals surface area contributed by atoms with Crippen molar-refractivity contribution in [2.45, 2.75) is 121 Å². The Balaban J connectivity index is 0.790. The molecule has 2 amide bonds. The van der Waals surface area contributed by atoms with E-state index in [2.05, 4.69) is 31.7 Å². The topological polar surface area (TPSA) is 266 Å². The highest BCUT2D eigenvalue weighted by atomic mass is 32.1. The van der Waals surface area contributed by atoms with Crippen molar-refractivity contribution in [2.75, 3.05) is 50.1 Å². The van der Waals surface area contributed by atoms with E-state index in [9.17, 15) is 24.6 Å². The van der Waals surface area contributed by atoms with Gasteiger partial charge in [0.25, 0.3) is 5.56 Å². The number of hydrogen-bond donors (Lipinski definition) is 6. The molecule has 21 nitrogen and oxygen atoms in total. The number of carbonyl (C=O) groups is 2. The average molecular weight is 1170 g/mol. The van der Waals surface area contributed by atoms with E-state index in [1.165, 1.54) is 15.6 Å². The first kappa shape index (κ1) is 54.8. The van der Waals surface area contributed by atoms with Gasteiger partial charge in [0, 0.05) is 103 Å². The number of aryl methyl sites for hydroxylation is 1. The molecule has 5 aromatic heterocycles. The summed E-state index contributed by atoms with van der Waals surface area (Å²) in [7, 11) is 0. The van der Waals surface area contributed by atoms with Crippen molar-refractivity contribution >= 4 is 77.0 Å². The number of nitrogen functional groups attached to an aromatic ring is 1. The number of H-pyrrole nitrogens is 1. The molecule has 7 N–H and O–H groups in total. The van der Waals surface area contributed by atoms with Crippen molar-refractivity contribution in [3.05, 3.63) is 112 Å². The van der Waals surface area contributed by atoms with Gasteiger partial charge in [-0.2, -0.15) is 20.2 Å². The lowest BCUT2D eigenvalue weighted by atomic mass is 9.92. The number of aromatic nitrogens is 8. The minimum atomic E-state index is -1.04. The lowest BCUT2D eigenvalue weighted by molar-refractivity contribution is -0.142. The number of nitrogens with zero attached hydrogens (tertiary/aromatic N) is 9. The predicted octanol–water partition coefficient (Wildman–Crippen LogP) is 7.28. The minimum Gasteiger partial charge on any atom is -0.486 e. The number of pyridine rings is 1. The Labute approximate surface area is 491 Å². The van der Waals surface area contributed by atoms with Gasteiger partial charge in [0.05, 0.1) is 47.9 Å². The molecule has 9 aromatic rings. The zero-order valence-corrected chi connectivity index (χ0v) is 48.2. The average Bonchev–Trinajstić information content (AvgIpc) is 1.95. The number of aliphatic hydroxyl groups is 2. The molecule has 1 saturated carbocycles. The number of nitrogens with one attached hydrogen (secondary N) is 3. The third-order valence-corrected chi connectivity index (χ3v) is 18.5. The molecule has 85 heavy (non-hydrogen) atoms. The molecular formula is C62H66FN13O8S. The third-order valence-electron chi connectivity index (χ3n) is 17.6. The van der Waals surface area contributed by atoms with Gasteiger partial charge in [-0.05, 0) is 90.6 Å². The second-order valence-corrected chi connectivity index (χ2v) is 24.6. The standard InChI is InChI=1S/C62H66FN13O8S/c1-4-75-48(15-18-66-75)35-10-8-34(9-11-35)47(29-77)68-58(79)49-23-38(78)27-74(49)60(81)54(31(2)3)76-28-44-40-12-5-32(21-46(40)67-59(80)53(44)72-76)30-83-55-50(41-13-14-45(63)56-52(41)69-61(64)85-56)42(33-6-7-33)24-43-51(55)70-62(84-39-16-19-82-20-17-39)71-57(43)73-26-36-22-37(73)25-65-36/h5,8-15,18,21,24,28,31,33,36-39,47,49,54,65,77-78H,4,6-7,16-17,19-20,22-23,25-27,29-30H2,1-3H3,(H2,64,69)(H,67,80)(H,68,79)/t36-,37-,38+,47-,49-,54-/m0/s1. The molecule has 2 bridgehead atoms. The van der Waals surface area contributed by atoms with Gasteiger partial charge in [0.2, 0.25) is 11.8 Å². The van der Waals surface area contributed by atoms with E-state index < -0.39 is 54.0 Å². The summed E-state index contributed by atoms with van der Waals surface area (Å²) in [4.78, 5) is 65.1. The number of nitrogens with two attached hydrogens (primary N) is 1. The number of halogens is 1. The third kappa shape index (κ3) is 10.1. The second kappa shape index (κ2) is 22.1. The summed E-state index contributed by atoms with van der Waals surface area (Å²) in [6.07, 6.45) is 6.59. The number of β-amino-alcohol motifs (C(OH)–C–C–N with tert-alkyl or cyclic N) is 1. The monoisotopic (exact) mass is 1170 g/mol. The molecule has 440 valence electrons. The van der Waals surface area contributed by atoms with E-state index in [1.807, 2.05) is 74.0 Å². The smallest absolute Gasteiger partial charge is 0.319 e. The Hall–Kier alpha value is -8.09. The Morgan fingerprint density at radius 3 is 2.52 bits per heavy atom. The molecular weight excluding hydrogens is 1110 g/mol. The highest BCUT2D eigenvalue weighted by molar-refractivity contribution is 7.22. The molecule has 1 aliphatic carbocycles. The molecule has 5 aliphatic rings. The summed E-state index contributed by atoms with van der Waals surface area (Å²) in [6.45, 7) is 8.73. The van der Waals surface area contributed by atoms with E-state index >= 15 is 4.39 Å². The van der Waals surface area contributed by atoms with Crippen LogP contribution in [0.3, 0.4) is 0 Å².